The molecule has 0 radical (unpaired) electrons. The standard InChI is InChI=1S/C20H21N3O2/c24-19-13-15-12-14(4-9-18(15)22-19)20(25)21-16-5-7-17(8-6-16)23-10-2-1-3-11-23/h4-9,12H,1-3,10-11,13H2,(H,21,25)(H,22,24). The lowest BCUT2D eigenvalue weighted by atomic mass is 10.1. The second-order valence-electron chi connectivity index (χ2n) is 6.65. The number of nitrogens with zero attached hydrogens (tertiary/aromatic N) is 1. The van der Waals surface area contributed by atoms with Crippen LogP contribution in [0.5, 0.6) is 0 Å². The van der Waals surface area contributed by atoms with Gasteiger partial charge in [-0.25, -0.2) is 0 Å². The predicted molar refractivity (Wildman–Crippen MR) is 99.2 cm³/mol. The molecule has 2 heterocycles. The number of benzene rings is 2. The Morgan fingerprint density at radius 3 is 2.52 bits per heavy atom. The molecule has 2 aromatic rings. The van der Waals surface area contributed by atoms with Crippen molar-refractivity contribution < 1.29 is 9.59 Å². The molecule has 0 saturated carbocycles. The highest BCUT2D eigenvalue weighted by Gasteiger charge is 2.19. The third-order valence-corrected chi connectivity index (χ3v) is 4.84. The Morgan fingerprint density at radius 2 is 1.76 bits per heavy atom. The second kappa shape index (κ2) is 6.59. The Morgan fingerprint density at radius 1 is 1.00 bits per heavy atom. The van der Waals surface area contributed by atoms with Crippen molar-refractivity contribution in [2.45, 2.75) is 25.7 Å². The highest BCUT2D eigenvalue weighted by Crippen LogP contribution is 2.25. The highest BCUT2D eigenvalue weighted by atomic mass is 16.2. The van der Waals surface area contributed by atoms with Gasteiger partial charge in [0, 0.05) is 35.7 Å². The molecule has 0 unspecified atom stereocenters. The number of carbonyl (C=O) groups excluding carboxylic acids is 2. The van der Waals surface area contributed by atoms with Crippen molar-refractivity contribution in [3.8, 4) is 0 Å². The fourth-order valence-corrected chi connectivity index (χ4v) is 3.48. The lowest BCUT2D eigenvalue weighted by Gasteiger charge is -2.28. The van der Waals surface area contributed by atoms with Crippen LogP contribution in [0.15, 0.2) is 42.5 Å². The van der Waals surface area contributed by atoms with Gasteiger partial charge in [0.05, 0.1) is 6.42 Å². The van der Waals surface area contributed by atoms with Gasteiger partial charge in [-0.3, -0.25) is 9.59 Å². The average Bonchev–Trinajstić information content (AvgIpc) is 3.02. The third-order valence-electron chi connectivity index (χ3n) is 4.84. The smallest absolute Gasteiger partial charge is 0.255 e. The first-order chi connectivity index (χ1) is 12.2. The van der Waals surface area contributed by atoms with Gasteiger partial charge in [0.15, 0.2) is 0 Å². The molecule has 5 nitrogen and oxygen atoms in total. The number of nitrogens with one attached hydrogen (secondary N) is 2. The molecule has 2 amide bonds. The Balaban J connectivity index is 1.44. The summed E-state index contributed by atoms with van der Waals surface area (Å²) in [5, 5.41) is 5.70. The number of amides is 2. The molecule has 5 heteroatoms. The van der Waals surface area contributed by atoms with Gasteiger partial charge in [-0.2, -0.15) is 0 Å². The van der Waals surface area contributed by atoms with Crippen LogP contribution in [0.2, 0.25) is 0 Å². The van der Waals surface area contributed by atoms with Gasteiger partial charge in [0.25, 0.3) is 5.91 Å². The van der Waals surface area contributed by atoms with Crippen LogP contribution in [0.3, 0.4) is 0 Å². The van der Waals surface area contributed by atoms with E-state index in [-0.39, 0.29) is 11.8 Å². The number of rotatable bonds is 3. The van der Waals surface area contributed by atoms with Crippen LogP contribution in [-0.4, -0.2) is 24.9 Å². The summed E-state index contributed by atoms with van der Waals surface area (Å²) in [6.07, 6.45) is 4.13. The first-order valence-electron chi connectivity index (χ1n) is 8.78. The van der Waals surface area contributed by atoms with E-state index in [0.29, 0.717) is 12.0 Å². The molecule has 0 aliphatic carbocycles. The SMILES string of the molecule is O=C1Cc2cc(C(=O)Nc3ccc(N4CCCCC4)cc3)ccc2N1. The van der Waals surface area contributed by atoms with Crippen molar-refractivity contribution >= 4 is 28.9 Å². The topological polar surface area (TPSA) is 61.4 Å². The van der Waals surface area contributed by atoms with E-state index < -0.39 is 0 Å². The summed E-state index contributed by atoms with van der Waals surface area (Å²) in [5.41, 5.74) is 4.22. The maximum absolute atomic E-state index is 12.5. The molecule has 2 N–H and O–H groups in total. The second-order valence-corrected chi connectivity index (χ2v) is 6.65. The number of hydrogen-bond donors (Lipinski definition) is 2. The molecule has 1 fully saturated rings. The summed E-state index contributed by atoms with van der Waals surface area (Å²) in [4.78, 5) is 26.3. The lowest BCUT2D eigenvalue weighted by molar-refractivity contribution is -0.115. The summed E-state index contributed by atoms with van der Waals surface area (Å²) in [6.45, 7) is 2.21. The number of piperidine rings is 1. The van der Waals surface area contributed by atoms with E-state index in [9.17, 15) is 9.59 Å². The van der Waals surface area contributed by atoms with E-state index in [4.69, 9.17) is 0 Å². The summed E-state index contributed by atoms with van der Waals surface area (Å²) in [7, 11) is 0. The maximum Gasteiger partial charge on any atom is 0.255 e. The van der Waals surface area contributed by atoms with E-state index >= 15 is 0 Å². The van der Waals surface area contributed by atoms with E-state index in [0.717, 1.165) is 30.0 Å². The Labute approximate surface area is 147 Å². The lowest BCUT2D eigenvalue weighted by Crippen LogP contribution is -2.29. The average molecular weight is 335 g/mol. The molecule has 0 spiro atoms. The van der Waals surface area contributed by atoms with Crippen LogP contribution in [0, 0.1) is 0 Å². The Kier molecular flexibility index (Phi) is 4.14. The molecule has 2 aliphatic rings. The van der Waals surface area contributed by atoms with Gasteiger partial charge in [-0.1, -0.05) is 0 Å². The van der Waals surface area contributed by atoms with Gasteiger partial charge in [-0.05, 0) is 67.3 Å². The summed E-state index contributed by atoms with van der Waals surface area (Å²) >= 11 is 0. The van der Waals surface area contributed by atoms with Crippen LogP contribution in [0.4, 0.5) is 17.1 Å². The zero-order valence-corrected chi connectivity index (χ0v) is 14.0. The molecule has 2 aromatic carbocycles. The number of hydrogen-bond acceptors (Lipinski definition) is 3. The van der Waals surface area contributed by atoms with Crippen molar-refractivity contribution in [3.05, 3.63) is 53.6 Å². The van der Waals surface area contributed by atoms with Gasteiger partial charge < -0.3 is 15.5 Å². The van der Waals surface area contributed by atoms with E-state index in [2.05, 4.69) is 27.7 Å². The molecule has 0 atom stereocenters. The van der Waals surface area contributed by atoms with Crippen LogP contribution >= 0.6 is 0 Å². The molecule has 2 aliphatic heterocycles. The van der Waals surface area contributed by atoms with Gasteiger partial charge in [-0.15, -0.1) is 0 Å². The van der Waals surface area contributed by atoms with Crippen LogP contribution in [-0.2, 0) is 11.2 Å². The minimum absolute atomic E-state index is 0.0270. The summed E-state index contributed by atoms with van der Waals surface area (Å²) in [6, 6.07) is 13.3. The first-order valence-corrected chi connectivity index (χ1v) is 8.78. The largest absolute Gasteiger partial charge is 0.372 e. The molecule has 25 heavy (non-hydrogen) atoms. The van der Waals surface area contributed by atoms with Crippen LogP contribution in [0.1, 0.15) is 35.2 Å². The van der Waals surface area contributed by atoms with Gasteiger partial charge in [0.1, 0.15) is 0 Å². The molecular weight excluding hydrogens is 314 g/mol. The minimum atomic E-state index is -0.159. The maximum atomic E-state index is 12.5. The van der Waals surface area contributed by atoms with E-state index in [1.165, 1.54) is 24.9 Å². The molecule has 0 aromatic heterocycles. The monoisotopic (exact) mass is 335 g/mol. The number of fused-ring (bicyclic) bond motifs is 1. The molecule has 1 saturated heterocycles. The molecule has 128 valence electrons. The zero-order valence-electron chi connectivity index (χ0n) is 14.0. The van der Waals surface area contributed by atoms with Crippen LogP contribution in [0.25, 0.3) is 0 Å². The number of carbonyl (C=O) groups is 2. The predicted octanol–water partition coefficient (Wildman–Crippen LogP) is 3.42. The van der Waals surface area contributed by atoms with Gasteiger partial charge in [0.2, 0.25) is 5.91 Å². The normalized spacial score (nSPS) is 16.3. The fourth-order valence-electron chi connectivity index (χ4n) is 3.48. The minimum Gasteiger partial charge on any atom is -0.372 e. The fraction of sp³-hybridized carbons (Fsp3) is 0.300. The van der Waals surface area contributed by atoms with Crippen molar-refractivity contribution in [2.75, 3.05) is 28.6 Å². The zero-order chi connectivity index (χ0) is 17.2. The molecular formula is C20H21N3O2. The van der Waals surface area contributed by atoms with E-state index in [1.807, 2.05) is 12.1 Å². The van der Waals surface area contributed by atoms with E-state index in [1.54, 1.807) is 18.2 Å². The van der Waals surface area contributed by atoms with Crippen molar-refractivity contribution in [1.29, 1.82) is 0 Å². The summed E-state index contributed by atoms with van der Waals surface area (Å²) < 4.78 is 0. The third kappa shape index (κ3) is 3.36. The number of anilines is 3. The highest BCUT2D eigenvalue weighted by molar-refractivity contribution is 6.06. The van der Waals surface area contributed by atoms with Crippen molar-refractivity contribution in [3.63, 3.8) is 0 Å². The Hall–Kier alpha value is -2.82. The van der Waals surface area contributed by atoms with Crippen molar-refractivity contribution in [1.82, 2.24) is 0 Å². The molecule has 4 rings (SSSR count). The van der Waals surface area contributed by atoms with Crippen LogP contribution < -0.4 is 15.5 Å². The first kappa shape index (κ1) is 15.7. The van der Waals surface area contributed by atoms with Gasteiger partial charge >= 0.3 is 0 Å². The quantitative estimate of drug-likeness (QED) is 0.903. The molecule has 0 bridgehead atoms. The van der Waals surface area contributed by atoms with Crippen molar-refractivity contribution in [2.24, 2.45) is 0 Å². The Bertz CT molecular complexity index is 808. The summed E-state index contributed by atoms with van der Waals surface area (Å²) in [5.74, 6) is -0.186.